The smallest absolute Gasteiger partial charge is 0.213 e. The second kappa shape index (κ2) is 6.71. The largest absolute Gasteiger partial charge is 0.477 e. The van der Waals surface area contributed by atoms with E-state index in [1.165, 1.54) is 5.56 Å². The lowest BCUT2D eigenvalue weighted by Crippen LogP contribution is -2.02. The molecule has 0 aliphatic carbocycles. The van der Waals surface area contributed by atoms with Crippen LogP contribution in [0.2, 0.25) is 0 Å². The summed E-state index contributed by atoms with van der Waals surface area (Å²) in [6.45, 7) is 0.634. The van der Waals surface area contributed by atoms with Crippen molar-refractivity contribution in [2.75, 3.05) is 6.61 Å². The molecule has 0 N–H and O–H groups in total. The van der Waals surface area contributed by atoms with Gasteiger partial charge in [0, 0.05) is 18.1 Å². The maximum absolute atomic E-state index is 5.76. The minimum absolute atomic E-state index is 0.634. The highest BCUT2D eigenvalue weighted by molar-refractivity contribution is 5.59. The van der Waals surface area contributed by atoms with Gasteiger partial charge < -0.3 is 4.74 Å². The van der Waals surface area contributed by atoms with E-state index in [0.29, 0.717) is 12.5 Å². The van der Waals surface area contributed by atoms with Gasteiger partial charge in [0.05, 0.1) is 12.3 Å². The van der Waals surface area contributed by atoms with Crippen molar-refractivity contribution in [1.29, 1.82) is 0 Å². The molecule has 0 fully saturated rings. The monoisotopic (exact) mass is 275 g/mol. The highest BCUT2D eigenvalue weighted by Gasteiger charge is 2.01. The van der Waals surface area contributed by atoms with Crippen molar-refractivity contribution in [3.05, 3.63) is 84.4 Å². The Morgan fingerprint density at radius 2 is 1.43 bits per heavy atom. The van der Waals surface area contributed by atoms with Gasteiger partial charge in [0.25, 0.3) is 0 Å². The summed E-state index contributed by atoms with van der Waals surface area (Å²) in [4.78, 5) is 4.55. The van der Waals surface area contributed by atoms with E-state index in [4.69, 9.17) is 4.74 Å². The first-order valence-corrected chi connectivity index (χ1v) is 7.11. The maximum atomic E-state index is 5.76. The molecule has 3 aromatic rings. The standard InChI is InChI=1S/C19H17NO/c1-3-8-16(9-4-1)14-15-21-19-13-7-12-18(20-19)17-10-5-2-6-11-17/h1-13H,14-15H2. The van der Waals surface area contributed by atoms with Gasteiger partial charge in [0.2, 0.25) is 5.88 Å². The second-order valence-corrected chi connectivity index (χ2v) is 4.81. The number of hydrogen-bond acceptors (Lipinski definition) is 2. The zero-order valence-corrected chi connectivity index (χ0v) is 11.8. The first-order chi connectivity index (χ1) is 10.4. The van der Waals surface area contributed by atoms with Crippen molar-refractivity contribution >= 4 is 0 Å². The normalized spacial score (nSPS) is 10.3. The first-order valence-electron chi connectivity index (χ1n) is 7.11. The molecular weight excluding hydrogens is 258 g/mol. The number of hydrogen-bond donors (Lipinski definition) is 0. The fraction of sp³-hybridized carbons (Fsp3) is 0.105. The zero-order chi connectivity index (χ0) is 14.3. The Morgan fingerprint density at radius 3 is 2.19 bits per heavy atom. The molecule has 1 heterocycles. The quantitative estimate of drug-likeness (QED) is 0.689. The van der Waals surface area contributed by atoms with Gasteiger partial charge in [-0.05, 0) is 11.6 Å². The number of benzene rings is 2. The van der Waals surface area contributed by atoms with Gasteiger partial charge in [0.1, 0.15) is 0 Å². The SMILES string of the molecule is c1ccc(CCOc2cccc(-c3ccccc3)n2)cc1. The van der Waals surface area contributed by atoms with E-state index in [1.807, 2.05) is 54.6 Å². The summed E-state index contributed by atoms with van der Waals surface area (Å²) >= 11 is 0. The number of nitrogens with zero attached hydrogens (tertiary/aromatic N) is 1. The van der Waals surface area contributed by atoms with Crippen molar-refractivity contribution < 1.29 is 4.74 Å². The summed E-state index contributed by atoms with van der Waals surface area (Å²) in [5, 5.41) is 0. The van der Waals surface area contributed by atoms with E-state index in [-0.39, 0.29) is 0 Å². The summed E-state index contributed by atoms with van der Waals surface area (Å²) in [6, 6.07) is 26.3. The molecule has 0 atom stereocenters. The van der Waals surface area contributed by atoms with E-state index in [1.54, 1.807) is 0 Å². The van der Waals surface area contributed by atoms with E-state index >= 15 is 0 Å². The lowest BCUT2D eigenvalue weighted by Gasteiger charge is -2.07. The van der Waals surface area contributed by atoms with Crippen LogP contribution in [0.3, 0.4) is 0 Å². The van der Waals surface area contributed by atoms with Crippen LogP contribution in [-0.4, -0.2) is 11.6 Å². The van der Waals surface area contributed by atoms with Crippen LogP contribution >= 0.6 is 0 Å². The minimum atomic E-state index is 0.634. The van der Waals surface area contributed by atoms with E-state index < -0.39 is 0 Å². The molecule has 0 amide bonds. The molecule has 21 heavy (non-hydrogen) atoms. The molecule has 0 aliphatic rings. The van der Waals surface area contributed by atoms with Crippen LogP contribution in [0.15, 0.2) is 78.9 Å². The van der Waals surface area contributed by atoms with Gasteiger partial charge in [-0.2, -0.15) is 0 Å². The molecule has 2 heteroatoms. The fourth-order valence-electron chi connectivity index (χ4n) is 2.18. The molecule has 0 saturated heterocycles. The van der Waals surface area contributed by atoms with Crippen LogP contribution in [0.1, 0.15) is 5.56 Å². The van der Waals surface area contributed by atoms with E-state index in [0.717, 1.165) is 17.7 Å². The van der Waals surface area contributed by atoms with E-state index in [9.17, 15) is 0 Å². The molecule has 0 radical (unpaired) electrons. The Kier molecular flexibility index (Phi) is 4.27. The van der Waals surface area contributed by atoms with Gasteiger partial charge in [-0.15, -0.1) is 0 Å². The van der Waals surface area contributed by atoms with E-state index in [2.05, 4.69) is 29.2 Å². The maximum Gasteiger partial charge on any atom is 0.213 e. The van der Waals surface area contributed by atoms with Crippen molar-refractivity contribution in [3.8, 4) is 17.1 Å². The van der Waals surface area contributed by atoms with Gasteiger partial charge in [0.15, 0.2) is 0 Å². The molecule has 0 saturated carbocycles. The predicted octanol–water partition coefficient (Wildman–Crippen LogP) is 4.37. The third-order valence-electron chi connectivity index (χ3n) is 3.28. The molecule has 2 aromatic carbocycles. The second-order valence-electron chi connectivity index (χ2n) is 4.81. The third kappa shape index (κ3) is 3.69. The van der Waals surface area contributed by atoms with Gasteiger partial charge in [-0.1, -0.05) is 66.7 Å². The number of rotatable bonds is 5. The van der Waals surface area contributed by atoms with Crippen molar-refractivity contribution in [2.45, 2.75) is 6.42 Å². The lowest BCUT2D eigenvalue weighted by atomic mass is 10.1. The third-order valence-corrected chi connectivity index (χ3v) is 3.28. The Balaban J connectivity index is 1.64. The summed E-state index contributed by atoms with van der Waals surface area (Å²) in [6.07, 6.45) is 0.887. The highest BCUT2D eigenvalue weighted by Crippen LogP contribution is 2.19. The average molecular weight is 275 g/mol. The molecule has 104 valence electrons. The molecule has 0 spiro atoms. The molecule has 3 rings (SSSR count). The molecular formula is C19H17NO. The van der Waals surface area contributed by atoms with Crippen molar-refractivity contribution in [2.24, 2.45) is 0 Å². The van der Waals surface area contributed by atoms with Crippen LogP contribution in [-0.2, 0) is 6.42 Å². The van der Waals surface area contributed by atoms with Gasteiger partial charge in [-0.3, -0.25) is 0 Å². The summed E-state index contributed by atoms with van der Waals surface area (Å²) < 4.78 is 5.76. The molecule has 0 bridgehead atoms. The predicted molar refractivity (Wildman–Crippen MR) is 85.3 cm³/mol. The summed E-state index contributed by atoms with van der Waals surface area (Å²) in [5.41, 5.74) is 3.32. The van der Waals surface area contributed by atoms with Crippen LogP contribution in [0, 0.1) is 0 Å². The number of pyridine rings is 1. The Bertz CT molecular complexity index is 680. The fourth-order valence-corrected chi connectivity index (χ4v) is 2.18. The summed E-state index contributed by atoms with van der Waals surface area (Å²) in [5.74, 6) is 0.673. The summed E-state index contributed by atoms with van der Waals surface area (Å²) in [7, 11) is 0. The minimum Gasteiger partial charge on any atom is -0.477 e. The van der Waals surface area contributed by atoms with Crippen molar-refractivity contribution in [1.82, 2.24) is 4.98 Å². The molecule has 0 aliphatic heterocycles. The zero-order valence-electron chi connectivity index (χ0n) is 11.8. The lowest BCUT2D eigenvalue weighted by molar-refractivity contribution is 0.310. The van der Waals surface area contributed by atoms with Crippen LogP contribution in [0.25, 0.3) is 11.3 Å². The first kappa shape index (κ1) is 13.4. The number of ether oxygens (including phenoxy) is 1. The number of aromatic nitrogens is 1. The molecule has 2 nitrogen and oxygen atoms in total. The molecule has 0 unspecified atom stereocenters. The Labute approximate surface area is 125 Å². The van der Waals surface area contributed by atoms with Crippen LogP contribution < -0.4 is 4.74 Å². The Morgan fingerprint density at radius 1 is 0.714 bits per heavy atom. The molecule has 1 aromatic heterocycles. The van der Waals surface area contributed by atoms with Crippen molar-refractivity contribution in [3.63, 3.8) is 0 Å². The topological polar surface area (TPSA) is 22.1 Å². The highest BCUT2D eigenvalue weighted by atomic mass is 16.5. The Hall–Kier alpha value is -2.61. The van der Waals surface area contributed by atoms with Gasteiger partial charge in [-0.25, -0.2) is 4.98 Å². The van der Waals surface area contributed by atoms with Crippen LogP contribution in [0.5, 0.6) is 5.88 Å². The van der Waals surface area contributed by atoms with Gasteiger partial charge >= 0.3 is 0 Å². The average Bonchev–Trinajstić information content (AvgIpc) is 2.57. The van der Waals surface area contributed by atoms with Crippen LogP contribution in [0.4, 0.5) is 0 Å².